The lowest BCUT2D eigenvalue weighted by Gasteiger charge is -2.36. The number of nitrogens with zero attached hydrogens (tertiary/aromatic N) is 1. The van der Waals surface area contributed by atoms with Crippen LogP contribution >= 0.6 is 23.2 Å². The van der Waals surface area contributed by atoms with Crippen molar-refractivity contribution in [2.45, 2.75) is 38.3 Å². The van der Waals surface area contributed by atoms with E-state index in [1.165, 1.54) is 0 Å². The highest BCUT2D eigenvalue weighted by atomic mass is 35.5. The SMILES string of the molecule is CN(Cc1ccc(Cl)cc1Cl)C(=O)C1(C)CCCCN1. The van der Waals surface area contributed by atoms with Crippen molar-refractivity contribution in [3.8, 4) is 0 Å². The van der Waals surface area contributed by atoms with Gasteiger partial charge in [-0.05, 0) is 50.4 Å². The first-order valence-electron chi connectivity index (χ1n) is 6.87. The molecule has 1 fully saturated rings. The van der Waals surface area contributed by atoms with Crippen molar-refractivity contribution in [1.82, 2.24) is 10.2 Å². The zero-order valence-corrected chi connectivity index (χ0v) is 13.4. The molecular weight excluding hydrogens is 295 g/mol. The Morgan fingerprint density at radius 3 is 2.75 bits per heavy atom. The number of rotatable bonds is 3. The summed E-state index contributed by atoms with van der Waals surface area (Å²) in [5.74, 6) is 0.114. The maximum atomic E-state index is 12.6. The summed E-state index contributed by atoms with van der Waals surface area (Å²) in [5, 5.41) is 4.54. The van der Waals surface area contributed by atoms with Gasteiger partial charge in [0.2, 0.25) is 5.91 Å². The molecule has 0 saturated carbocycles. The van der Waals surface area contributed by atoms with Crippen LogP contribution in [0.5, 0.6) is 0 Å². The third kappa shape index (κ3) is 3.46. The van der Waals surface area contributed by atoms with Gasteiger partial charge in [0.15, 0.2) is 0 Å². The van der Waals surface area contributed by atoms with Crippen LogP contribution in [0.15, 0.2) is 18.2 Å². The number of hydrogen-bond acceptors (Lipinski definition) is 2. The number of hydrogen-bond donors (Lipinski definition) is 1. The van der Waals surface area contributed by atoms with Crippen LogP contribution in [-0.2, 0) is 11.3 Å². The van der Waals surface area contributed by atoms with Gasteiger partial charge in [-0.25, -0.2) is 0 Å². The molecule has 3 nitrogen and oxygen atoms in total. The third-order valence-electron chi connectivity index (χ3n) is 3.86. The van der Waals surface area contributed by atoms with Gasteiger partial charge in [0.05, 0.1) is 5.54 Å². The maximum Gasteiger partial charge on any atom is 0.242 e. The molecule has 1 aliphatic heterocycles. The van der Waals surface area contributed by atoms with Crippen LogP contribution < -0.4 is 5.32 Å². The number of nitrogens with one attached hydrogen (secondary N) is 1. The molecule has 1 aliphatic rings. The van der Waals surface area contributed by atoms with Gasteiger partial charge in [0.1, 0.15) is 0 Å². The molecule has 1 N–H and O–H groups in total. The summed E-state index contributed by atoms with van der Waals surface area (Å²) in [5.41, 5.74) is 0.456. The van der Waals surface area contributed by atoms with Crippen molar-refractivity contribution in [3.05, 3.63) is 33.8 Å². The molecule has 1 atom stereocenters. The number of amides is 1. The Hall–Kier alpha value is -0.770. The Kier molecular flexibility index (Phi) is 4.95. The molecule has 0 aromatic heterocycles. The minimum absolute atomic E-state index is 0.114. The summed E-state index contributed by atoms with van der Waals surface area (Å²) in [6, 6.07) is 5.37. The van der Waals surface area contributed by atoms with Gasteiger partial charge in [-0.2, -0.15) is 0 Å². The van der Waals surface area contributed by atoms with Crippen LogP contribution in [0.4, 0.5) is 0 Å². The highest BCUT2D eigenvalue weighted by Gasteiger charge is 2.36. The molecule has 1 saturated heterocycles. The van der Waals surface area contributed by atoms with Gasteiger partial charge in [-0.3, -0.25) is 4.79 Å². The van der Waals surface area contributed by atoms with Crippen LogP contribution in [0.25, 0.3) is 0 Å². The molecule has 2 rings (SSSR count). The normalized spacial score (nSPS) is 22.6. The molecule has 1 heterocycles. The quantitative estimate of drug-likeness (QED) is 0.926. The first-order chi connectivity index (χ1) is 9.42. The Labute approximate surface area is 130 Å². The zero-order chi connectivity index (χ0) is 14.8. The van der Waals surface area contributed by atoms with Gasteiger partial charge in [0, 0.05) is 23.6 Å². The summed E-state index contributed by atoms with van der Waals surface area (Å²) in [4.78, 5) is 14.3. The molecule has 0 radical (unpaired) electrons. The van der Waals surface area contributed by atoms with E-state index in [1.54, 1.807) is 17.0 Å². The van der Waals surface area contributed by atoms with Crippen molar-refractivity contribution in [2.24, 2.45) is 0 Å². The van der Waals surface area contributed by atoms with Crippen molar-refractivity contribution in [1.29, 1.82) is 0 Å². The third-order valence-corrected chi connectivity index (χ3v) is 4.45. The summed E-state index contributed by atoms with van der Waals surface area (Å²) in [7, 11) is 1.81. The molecule has 20 heavy (non-hydrogen) atoms. The van der Waals surface area contributed by atoms with Gasteiger partial charge < -0.3 is 10.2 Å². The van der Waals surface area contributed by atoms with Gasteiger partial charge in [0.25, 0.3) is 0 Å². The maximum absolute atomic E-state index is 12.6. The van der Waals surface area contributed by atoms with Crippen molar-refractivity contribution < 1.29 is 4.79 Å². The van der Waals surface area contributed by atoms with Crippen molar-refractivity contribution in [2.75, 3.05) is 13.6 Å². The average molecular weight is 315 g/mol. The van der Waals surface area contributed by atoms with Crippen LogP contribution in [0.2, 0.25) is 10.0 Å². The van der Waals surface area contributed by atoms with E-state index < -0.39 is 5.54 Å². The second kappa shape index (κ2) is 6.33. The van der Waals surface area contributed by atoms with E-state index >= 15 is 0 Å². The van der Waals surface area contributed by atoms with E-state index in [1.807, 2.05) is 20.0 Å². The average Bonchev–Trinajstić information content (AvgIpc) is 2.42. The molecule has 0 spiro atoms. The highest BCUT2D eigenvalue weighted by molar-refractivity contribution is 6.35. The standard InChI is InChI=1S/C15H20Cl2N2O/c1-15(7-3-4-8-18-15)14(20)19(2)10-11-5-6-12(16)9-13(11)17/h5-6,9,18H,3-4,7-8,10H2,1-2H3. The number of piperidine rings is 1. The molecular formula is C15H20Cl2N2O. The Bertz CT molecular complexity index is 499. The smallest absolute Gasteiger partial charge is 0.242 e. The van der Waals surface area contributed by atoms with Gasteiger partial charge in [-0.1, -0.05) is 29.3 Å². The monoisotopic (exact) mass is 314 g/mol. The van der Waals surface area contributed by atoms with E-state index in [9.17, 15) is 4.79 Å². The predicted octanol–water partition coefficient (Wildman–Crippen LogP) is 3.48. The molecule has 5 heteroatoms. The van der Waals surface area contributed by atoms with Crippen LogP contribution in [-0.4, -0.2) is 29.9 Å². The zero-order valence-electron chi connectivity index (χ0n) is 11.9. The van der Waals surface area contributed by atoms with Crippen LogP contribution in [0, 0.1) is 0 Å². The number of likely N-dealkylation sites (N-methyl/N-ethyl adjacent to an activating group) is 1. The topological polar surface area (TPSA) is 32.3 Å². The van der Waals surface area contributed by atoms with E-state index in [4.69, 9.17) is 23.2 Å². The molecule has 1 unspecified atom stereocenters. The van der Waals surface area contributed by atoms with E-state index in [0.29, 0.717) is 16.6 Å². The molecule has 110 valence electrons. The number of carbonyl (C=O) groups is 1. The van der Waals surface area contributed by atoms with E-state index in [2.05, 4.69) is 5.32 Å². The van der Waals surface area contributed by atoms with Crippen molar-refractivity contribution in [3.63, 3.8) is 0 Å². The molecule has 0 bridgehead atoms. The predicted molar refractivity (Wildman–Crippen MR) is 83.2 cm³/mol. The minimum atomic E-state index is -0.452. The number of benzene rings is 1. The number of carbonyl (C=O) groups excluding carboxylic acids is 1. The molecule has 1 aromatic rings. The fourth-order valence-corrected chi connectivity index (χ4v) is 3.11. The van der Waals surface area contributed by atoms with Crippen molar-refractivity contribution >= 4 is 29.1 Å². The summed E-state index contributed by atoms with van der Waals surface area (Å²) in [6.45, 7) is 3.37. The molecule has 1 aromatic carbocycles. The molecule has 0 aliphatic carbocycles. The lowest BCUT2D eigenvalue weighted by atomic mass is 9.89. The number of halogens is 2. The lowest BCUT2D eigenvalue weighted by Crippen LogP contribution is -2.57. The largest absolute Gasteiger partial charge is 0.340 e. The van der Waals surface area contributed by atoms with E-state index in [0.717, 1.165) is 31.4 Å². The first kappa shape index (κ1) is 15.6. The molecule has 1 amide bonds. The van der Waals surface area contributed by atoms with Crippen LogP contribution in [0.3, 0.4) is 0 Å². The lowest BCUT2D eigenvalue weighted by molar-refractivity contribution is -0.137. The van der Waals surface area contributed by atoms with Gasteiger partial charge >= 0.3 is 0 Å². The Morgan fingerprint density at radius 1 is 1.40 bits per heavy atom. The fraction of sp³-hybridized carbons (Fsp3) is 0.533. The summed E-state index contributed by atoms with van der Waals surface area (Å²) in [6.07, 6.45) is 3.10. The second-order valence-corrected chi connectivity index (χ2v) is 6.46. The Morgan fingerprint density at radius 2 is 2.15 bits per heavy atom. The summed E-state index contributed by atoms with van der Waals surface area (Å²) >= 11 is 12.0. The Balaban J connectivity index is 2.07. The fourth-order valence-electron chi connectivity index (χ4n) is 2.64. The van der Waals surface area contributed by atoms with Crippen LogP contribution in [0.1, 0.15) is 31.7 Å². The highest BCUT2D eigenvalue weighted by Crippen LogP contribution is 2.25. The first-order valence-corrected chi connectivity index (χ1v) is 7.62. The second-order valence-electron chi connectivity index (χ2n) is 5.61. The van der Waals surface area contributed by atoms with Gasteiger partial charge in [-0.15, -0.1) is 0 Å². The van der Waals surface area contributed by atoms with E-state index in [-0.39, 0.29) is 5.91 Å². The minimum Gasteiger partial charge on any atom is -0.340 e. The summed E-state index contributed by atoms with van der Waals surface area (Å²) < 4.78 is 0.